The molecule has 0 bridgehead atoms. The Kier molecular flexibility index (Phi) is 13.4. The van der Waals surface area contributed by atoms with Gasteiger partial charge in [0.15, 0.2) is 0 Å². The Balaban J connectivity index is 0.727. The number of thioether (sulfide) groups is 1. The van der Waals surface area contributed by atoms with Crippen LogP contribution in [0.25, 0.3) is 11.1 Å². The summed E-state index contributed by atoms with van der Waals surface area (Å²) in [5.41, 5.74) is 6.83. The summed E-state index contributed by atoms with van der Waals surface area (Å²) < 4.78 is 29.7. The molecule has 4 amide bonds. The normalized spacial score (nSPS) is 22.6. The van der Waals surface area contributed by atoms with Crippen molar-refractivity contribution in [1.29, 1.82) is 0 Å². The van der Waals surface area contributed by atoms with Gasteiger partial charge in [0.05, 0.1) is 23.6 Å². The number of nitrogens with one attached hydrogen (secondary N) is 3. The number of rotatable bonds is 15. The average molecular weight is 920 g/mol. The molecule has 5 heterocycles. The molecule has 16 heteroatoms. The first-order valence-corrected chi connectivity index (χ1v) is 25.2. The second-order valence-electron chi connectivity index (χ2n) is 17.9. The SMILES string of the molecule is Cc1ccc(S(=O)(=O)N2CC[C@@H]3[C@H](CO)Nc4ccc(-c5cccc(NC(=O)CCCN6CCN(CCCSc7cccc8c7CN(C7CCC(=O)NC7=O)C8=O)CC6)c5)cc4[C@@H]32)cc1. The van der Waals surface area contributed by atoms with Crippen LogP contribution in [0, 0.1) is 12.8 Å². The number of nitrogens with zero attached hydrogens (tertiary/aromatic N) is 4. The van der Waals surface area contributed by atoms with Crippen LogP contribution in [0.3, 0.4) is 0 Å². The van der Waals surface area contributed by atoms with Crippen LogP contribution in [0.4, 0.5) is 11.4 Å². The molecule has 4 atom stereocenters. The van der Waals surface area contributed by atoms with E-state index in [0.717, 1.165) is 96.3 Å². The highest BCUT2D eigenvalue weighted by Crippen LogP contribution is 2.49. The van der Waals surface area contributed by atoms with Crippen molar-refractivity contribution in [2.45, 2.75) is 79.9 Å². The molecule has 4 aromatic carbocycles. The number of piperidine rings is 1. The third-order valence-corrected chi connectivity index (χ3v) is 16.8. The molecule has 0 radical (unpaired) electrons. The fraction of sp³-hybridized carbons (Fsp3) is 0.429. The molecule has 5 aliphatic rings. The predicted octanol–water partition coefficient (Wildman–Crippen LogP) is 5.48. The molecule has 0 saturated carbocycles. The molecule has 0 aromatic heterocycles. The lowest BCUT2D eigenvalue weighted by Gasteiger charge is -2.39. The van der Waals surface area contributed by atoms with Gasteiger partial charge in [-0.2, -0.15) is 4.31 Å². The Bertz CT molecular complexity index is 2570. The summed E-state index contributed by atoms with van der Waals surface area (Å²) >= 11 is 1.75. The first-order valence-electron chi connectivity index (χ1n) is 22.8. The quantitative estimate of drug-likeness (QED) is 0.0677. The number of carbonyl (C=O) groups excluding carboxylic acids is 4. The third-order valence-electron chi connectivity index (χ3n) is 13.7. The van der Waals surface area contributed by atoms with Crippen molar-refractivity contribution in [2.75, 3.05) is 68.8 Å². The maximum Gasteiger partial charge on any atom is 0.255 e. The number of aryl methyl sites for hydroxylation is 1. The van der Waals surface area contributed by atoms with E-state index in [9.17, 15) is 32.7 Å². The Morgan fingerprint density at radius 1 is 0.862 bits per heavy atom. The van der Waals surface area contributed by atoms with Crippen LogP contribution in [0.2, 0.25) is 0 Å². The number of carbonyl (C=O) groups is 4. The zero-order valence-electron chi connectivity index (χ0n) is 36.7. The fourth-order valence-corrected chi connectivity index (χ4v) is 12.9. The van der Waals surface area contributed by atoms with Gasteiger partial charge in [0.1, 0.15) is 6.04 Å². The van der Waals surface area contributed by atoms with Gasteiger partial charge in [-0.1, -0.05) is 42.0 Å². The number of hydrogen-bond acceptors (Lipinski definition) is 11. The number of anilines is 2. The second kappa shape index (κ2) is 19.4. The average Bonchev–Trinajstić information content (AvgIpc) is 3.91. The molecule has 5 aliphatic heterocycles. The topological polar surface area (TPSA) is 172 Å². The van der Waals surface area contributed by atoms with Crippen molar-refractivity contribution in [3.05, 3.63) is 107 Å². The van der Waals surface area contributed by atoms with Gasteiger partial charge in [0.2, 0.25) is 27.7 Å². The Hall–Kier alpha value is -5.10. The summed E-state index contributed by atoms with van der Waals surface area (Å²) in [4.78, 5) is 58.4. The van der Waals surface area contributed by atoms with Crippen LogP contribution in [0.5, 0.6) is 0 Å². The van der Waals surface area contributed by atoms with Crippen LogP contribution in [-0.2, 0) is 31.0 Å². The number of aliphatic hydroxyl groups excluding tert-OH is 1. The molecular weight excluding hydrogens is 863 g/mol. The smallest absolute Gasteiger partial charge is 0.255 e. The van der Waals surface area contributed by atoms with Crippen LogP contribution in [-0.4, -0.2) is 126 Å². The van der Waals surface area contributed by atoms with Gasteiger partial charge in [0, 0.05) is 79.9 Å². The number of sulfonamides is 1. The van der Waals surface area contributed by atoms with Gasteiger partial charge < -0.3 is 30.4 Å². The van der Waals surface area contributed by atoms with E-state index in [1.165, 1.54) is 0 Å². The van der Waals surface area contributed by atoms with E-state index in [4.69, 9.17) is 0 Å². The highest BCUT2D eigenvalue weighted by molar-refractivity contribution is 7.99. The first-order chi connectivity index (χ1) is 31.5. The van der Waals surface area contributed by atoms with Gasteiger partial charge in [0.25, 0.3) is 5.91 Å². The Morgan fingerprint density at radius 2 is 1.60 bits per heavy atom. The summed E-state index contributed by atoms with van der Waals surface area (Å²) in [6.45, 7) is 8.29. The minimum Gasteiger partial charge on any atom is -0.394 e. The second-order valence-corrected chi connectivity index (χ2v) is 20.9. The number of fused-ring (bicyclic) bond motifs is 4. The number of imide groups is 1. The van der Waals surface area contributed by atoms with Crippen LogP contribution in [0.1, 0.15) is 71.6 Å². The van der Waals surface area contributed by atoms with Crippen LogP contribution in [0.15, 0.2) is 94.7 Å². The van der Waals surface area contributed by atoms with E-state index in [0.29, 0.717) is 43.6 Å². The predicted molar refractivity (Wildman–Crippen MR) is 251 cm³/mol. The summed E-state index contributed by atoms with van der Waals surface area (Å²) in [6.07, 6.45) is 3.40. The van der Waals surface area contributed by atoms with E-state index in [1.54, 1.807) is 33.1 Å². The van der Waals surface area contributed by atoms with Crippen LogP contribution < -0.4 is 16.0 Å². The minimum absolute atomic E-state index is 0.0363. The first kappa shape index (κ1) is 45.1. The van der Waals surface area contributed by atoms with Gasteiger partial charge in [-0.25, -0.2) is 8.42 Å². The maximum absolute atomic E-state index is 14.0. The van der Waals surface area contributed by atoms with E-state index < -0.39 is 28.0 Å². The molecule has 3 saturated heterocycles. The molecular formula is C49H57N7O7S2. The number of piperazine rings is 1. The fourth-order valence-electron chi connectivity index (χ4n) is 10.2. The Labute approximate surface area is 385 Å². The highest BCUT2D eigenvalue weighted by atomic mass is 32.2. The molecule has 3 fully saturated rings. The number of benzene rings is 4. The lowest BCUT2D eigenvalue weighted by atomic mass is 9.82. The van der Waals surface area contributed by atoms with E-state index in [1.807, 2.05) is 73.7 Å². The summed E-state index contributed by atoms with van der Waals surface area (Å²) in [5, 5.41) is 19.2. The highest BCUT2D eigenvalue weighted by Gasteiger charge is 2.48. The molecule has 0 spiro atoms. The molecule has 65 heavy (non-hydrogen) atoms. The largest absolute Gasteiger partial charge is 0.394 e. The third kappa shape index (κ3) is 9.61. The van der Waals surface area contributed by atoms with Crippen LogP contribution >= 0.6 is 11.8 Å². The van der Waals surface area contributed by atoms with E-state index in [-0.39, 0.29) is 47.6 Å². The molecule has 1 unspecified atom stereocenters. The van der Waals surface area contributed by atoms with Crippen molar-refractivity contribution in [2.24, 2.45) is 5.92 Å². The summed E-state index contributed by atoms with van der Waals surface area (Å²) in [6, 6.07) is 25.2. The lowest BCUT2D eigenvalue weighted by molar-refractivity contribution is -0.137. The van der Waals surface area contributed by atoms with Gasteiger partial charge in [-0.05, 0) is 122 Å². The standard InChI is InChI=1S/C49H57N7O7S2/c1-32-11-14-36(15-12-32)65(62,63)56-22-19-38-42(31-57)51-41-16-13-34(29-39(41)47(38)56)33-6-2-7-35(28-33)50-45(58)10-4-20-53-23-25-54(26-24-53)21-5-27-64-44-9-3-8-37-40(44)30-55(49(37)61)43-17-18-46(59)52-48(43)60/h2-3,6-9,11-16,28-29,38,42-43,47,51,57H,4-5,10,17-27,30-31H2,1H3,(H,50,58)(H,52,59,60)/t38-,42+,43?,47-/m1/s1. The molecule has 342 valence electrons. The number of hydrogen-bond donors (Lipinski definition) is 4. The van der Waals surface area contributed by atoms with Gasteiger partial charge >= 0.3 is 0 Å². The van der Waals surface area contributed by atoms with Crippen molar-refractivity contribution >= 4 is 56.8 Å². The molecule has 14 nitrogen and oxygen atoms in total. The lowest BCUT2D eigenvalue weighted by Crippen LogP contribution is -2.52. The van der Waals surface area contributed by atoms with Crippen molar-refractivity contribution in [1.82, 2.24) is 24.3 Å². The van der Waals surface area contributed by atoms with Gasteiger partial charge in [-0.15, -0.1) is 11.8 Å². The van der Waals surface area contributed by atoms with Crippen molar-refractivity contribution in [3.8, 4) is 11.1 Å². The van der Waals surface area contributed by atoms with E-state index >= 15 is 0 Å². The van der Waals surface area contributed by atoms with Crippen molar-refractivity contribution in [3.63, 3.8) is 0 Å². The molecule has 4 aromatic rings. The molecule has 9 rings (SSSR count). The monoisotopic (exact) mass is 919 g/mol. The number of aliphatic hydroxyl groups is 1. The zero-order chi connectivity index (χ0) is 45.2. The Morgan fingerprint density at radius 3 is 2.35 bits per heavy atom. The molecule has 0 aliphatic carbocycles. The molecule has 4 N–H and O–H groups in total. The van der Waals surface area contributed by atoms with Crippen molar-refractivity contribution < 1.29 is 32.7 Å². The zero-order valence-corrected chi connectivity index (χ0v) is 38.3. The maximum atomic E-state index is 14.0. The number of amides is 4. The van der Waals surface area contributed by atoms with Gasteiger partial charge in [-0.3, -0.25) is 24.5 Å². The minimum atomic E-state index is -3.79. The van der Waals surface area contributed by atoms with E-state index in [2.05, 4.69) is 31.8 Å². The summed E-state index contributed by atoms with van der Waals surface area (Å²) in [7, 11) is -3.79. The summed E-state index contributed by atoms with van der Waals surface area (Å²) in [5.74, 6) is -0.0362.